The van der Waals surface area contributed by atoms with Gasteiger partial charge in [0.15, 0.2) is 0 Å². The van der Waals surface area contributed by atoms with Crippen LogP contribution in [0.3, 0.4) is 0 Å². The van der Waals surface area contributed by atoms with Crippen LogP contribution >= 0.6 is 11.6 Å². The highest BCUT2D eigenvalue weighted by atomic mass is 35.5. The van der Waals surface area contributed by atoms with Crippen LogP contribution in [0.1, 0.15) is 11.1 Å². The van der Waals surface area contributed by atoms with Crippen molar-refractivity contribution in [3.63, 3.8) is 0 Å². The van der Waals surface area contributed by atoms with Crippen molar-refractivity contribution < 1.29 is 0 Å². The third-order valence-electron chi connectivity index (χ3n) is 1.48. The van der Waals surface area contributed by atoms with Crippen molar-refractivity contribution in [3.05, 3.63) is 34.3 Å². The number of hydrazone groups is 1. The number of nitrogens with one attached hydrogen (secondary N) is 1. The molecule has 1 aromatic carbocycles. The number of nitrogens with zero attached hydrogens (tertiary/aromatic N) is 1. The summed E-state index contributed by atoms with van der Waals surface area (Å²) in [4.78, 5) is 0. The largest absolute Gasteiger partial charge is 0.313 e. The van der Waals surface area contributed by atoms with Crippen molar-refractivity contribution in [2.75, 3.05) is 7.05 Å². The Morgan fingerprint density at radius 1 is 1.50 bits per heavy atom. The minimum Gasteiger partial charge on any atom is -0.313 e. The highest BCUT2D eigenvalue weighted by molar-refractivity contribution is 6.33. The molecule has 1 rings (SSSR count). The zero-order valence-electron chi connectivity index (χ0n) is 7.13. The summed E-state index contributed by atoms with van der Waals surface area (Å²) in [5, 5.41) is 4.61. The number of rotatable bonds is 2. The van der Waals surface area contributed by atoms with Crippen molar-refractivity contribution in [2.24, 2.45) is 5.10 Å². The highest BCUT2D eigenvalue weighted by Crippen LogP contribution is 2.14. The SMILES string of the molecule is CN/N=C/c1cc(C)ccc1Cl. The lowest BCUT2D eigenvalue weighted by atomic mass is 10.1. The Labute approximate surface area is 77.2 Å². The molecule has 0 aromatic heterocycles. The highest BCUT2D eigenvalue weighted by Gasteiger charge is 1.95. The van der Waals surface area contributed by atoms with Crippen LogP contribution in [-0.2, 0) is 0 Å². The normalized spacial score (nSPS) is 10.6. The third kappa shape index (κ3) is 2.24. The van der Waals surface area contributed by atoms with E-state index in [2.05, 4.69) is 10.5 Å². The molecule has 0 saturated carbocycles. The van der Waals surface area contributed by atoms with E-state index in [1.165, 1.54) is 5.56 Å². The number of benzene rings is 1. The van der Waals surface area contributed by atoms with Crippen LogP contribution in [0, 0.1) is 6.92 Å². The van der Waals surface area contributed by atoms with Gasteiger partial charge in [-0.2, -0.15) is 5.10 Å². The van der Waals surface area contributed by atoms with Gasteiger partial charge in [0.05, 0.1) is 6.21 Å². The van der Waals surface area contributed by atoms with Gasteiger partial charge in [0.2, 0.25) is 0 Å². The van der Waals surface area contributed by atoms with E-state index in [4.69, 9.17) is 11.6 Å². The first-order valence-corrected chi connectivity index (χ1v) is 4.08. The average molecular weight is 183 g/mol. The molecular weight excluding hydrogens is 172 g/mol. The van der Waals surface area contributed by atoms with Gasteiger partial charge in [-0.3, -0.25) is 0 Å². The fraction of sp³-hybridized carbons (Fsp3) is 0.222. The van der Waals surface area contributed by atoms with Crippen molar-refractivity contribution in [3.8, 4) is 0 Å². The standard InChI is InChI=1S/C9H11ClN2/c1-7-3-4-9(10)8(5-7)6-12-11-2/h3-6,11H,1-2H3/b12-6+. The van der Waals surface area contributed by atoms with E-state index in [1.807, 2.05) is 25.1 Å². The van der Waals surface area contributed by atoms with Gasteiger partial charge in [0.1, 0.15) is 0 Å². The molecule has 0 unspecified atom stereocenters. The molecule has 0 radical (unpaired) electrons. The second-order valence-corrected chi connectivity index (χ2v) is 2.91. The summed E-state index contributed by atoms with van der Waals surface area (Å²) in [6.45, 7) is 2.02. The molecular formula is C9H11ClN2. The maximum Gasteiger partial charge on any atom is 0.0555 e. The number of halogens is 1. The Balaban J connectivity index is 2.97. The Morgan fingerprint density at radius 3 is 2.92 bits per heavy atom. The molecule has 3 heteroatoms. The van der Waals surface area contributed by atoms with E-state index < -0.39 is 0 Å². The molecule has 64 valence electrons. The number of hydrogen-bond acceptors (Lipinski definition) is 2. The Hall–Kier alpha value is -1.02. The summed E-state index contributed by atoms with van der Waals surface area (Å²) < 4.78 is 0. The molecule has 0 heterocycles. The zero-order valence-corrected chi connectivity index (χ0v) is 7.89. The summed E-state index contributed by atoms with van der Waals surface area (Å²) in [6.07, 6.45) is 1.70. The van der Waals surface area contributed by atoms with Crippen LogP contribution in [0.4, 0.5) is 0 Å². The van der Waals surface area contributed by atoms with E-state index in [0.717, 1.165) is 10.6 Å². The summed E-state index contributed by atoms with van der Waals surface area (Å²) >= 11 is 5.91. The predicted molar refractivity (Wildman–Crippen MR) is 52.8 cm³/mol. The van der Waals surface area contributed by atoms with Crippen molar-refractivity contribution >= 4 is 17.8 Å². The first-order valence-electron chi connectivity index (χ1n) is 3.70. The second-order valence-electron chi connectivity index (χ2n) is 2.51. The maximum absolute atomic E-state index is 5.91. The topological polar surface area (TPSA) is 24.4 Å². The van der Waals surface area contributed by atoms with E-state index in [-0.39, 0.29) is 0 Å². The molecule has 0 aliphatic carbocycles. The first kappa shape index (κ1) is 9.07. The summed E-state index contributed by atoms with van der Waals surface area (Å²) in [5.41, 5.74) is 4.79. The summed E-state index contributed by atoms with van der Waals surface area (Å²) in [6, 6.07) is 5.83. The molecule has 0 aliphatic heterocycles. The van der Waals surface area contributed by atoms with E-state index in [0.29, 0.717) is 0 Å². The molecule has 0 atom stereocenters. The molecule has 0 bridgehead atoms. The smallest absolute Gasteiger partial charge is 0.0555 e. The van der Waals surface area contributed by atoms with Crippen molar-refractivity contribution in [1.82, 2.24) is 5.43 Å². The lowest BCUT2D eigenvalue weighted by Gasteiger charge is -1.98. The van der Waals surface area contributed by atoms with Gasteiger partial charge in [0.25, 0.3) is 0 Å². The van der Waals surface area contributed by atoms with Gasteiger partial charge in [-0.05, 0) is 19.1 Å². The number of hydrogen-bond donors (Lipinski definition) is 1. The van der Waals surface area contributed by atoms with E-state index >= 15 is 0 Å². The molecule has 0 saturated heterocycles. The monoisotopic (exact) mass is 182 g/mol. The van der Waals surface area contributed by atoms with Gasteiger partial charge in [0, 0.05) is 17.6 Å². The molecule has 0 fully saturated rings. The molecule has 1 aromatic rings. The van der Waals surface area contributed by atoms with Crippen molar-refractivity contribution in [1.29, 1.82) is 0 Å². The van der Waals surface area contributed by atoms with Crippen LogP contribution in [0.2, 0.25) is 5.02 Å². The average Bonchev–Trinajstić information content (AvgIpc) is 2.07. The molecule has 0 spiro atoms. The Morgan fingerprint density at radius 2 is 2.25 bits per heavy atom. The minimum atomic E-state index is 0.722. The van der Waals surface area contributed by atoms with Gasteiger partial charge >= 0.3 is 0 Å². The van der Waals surface area contributed by atoms with Gasteiger partial charge in [-0.1, -0.05) is 23.2 Å². The lowest BCUT2D eigenvalue weighted by molar-refractivity contribution is 0.908. The Kier molecular flexibility index (Phi) is 3.11. The van der Waals surface area contributed by atoms with Gasteiger partial charge < -0.3 is 5.43 Å². The Bertz CT molecular complexity index is 295. The molecule has 2 nitrogen and oxygen atoms in total. The van der Waals surface area contributed by atoms with Gasteiger partial charge in [-0.15, -0.1) is 0 Å². The fourth-order valence-corrected chi connectivity index (χ4v) is 1.06. The lowest BCUT2D eigenvalue weighted by Crippen LogP contribution is -1.95. The van der Waals surface area contributed by atoms with Crippen LogP contribution in [-0.4, -0.2) is 13.3 Å². The van der Waals surface area contributed by atoms with E-state index in [1.54, 1.807) is 13.3 Å². The third-order valence-corrected chi connectivity index (χ3v) is 1.83. The molecule has 0 aliphatic rings. The predicted octanol–water partition coefficient (Wildman–Crippen LogP) is 2.20. The number of aryl methyl sites for hydroxylation is 1. The van der Waals surface area contributed by atoms with Crippen molar-refractivity contribution in [2.45, 2.75) is 6.92 Å². The summed E-state index contributed by atoms with van der Waals surface area (Å²) in [7, 11) is 1.75. The first-order chi connectivity index (χ1) is 5.74. The summed E-state index contributed by atoms with van der Waals surface area (Å²) in [5.74, 6) is 0. The maximum atomic E-state index is 5.91. The van der Waals surface area contributed by atoms with Crippen LogP contribution in [0.15, 0.2) is 23.3 Å². The molecule has 0 amide bonds. The second kappa shape index (κ2) is 4.12. The van der Waals surface area contributed by atoms with Gasteiger partial charge in [-0.25, -0.2) is 0 Å². The minimum absolute atomic E-state index is 0.722. The molecule has 1 N–H and O–H groups in total. The van der Waals surface area contributed by atoms with Crippen LogP contribution in [0.5, 0.6) is 0 Å². The van der Waals surface area contributed by atoms with E-state index in [9.17, 15) is 0 Å². The van der Waals surface area contributed by atoms with Crippen LogP contribution < -0.4 is 5.43 Å². The zero-order chi connectivity index (χ0) is 8.97. The quantitative estimate of drug-likeness (QED) is 0.551. The fourth-order valence-electron chi connectivity index (χ4n) is 0.896. The molecule has 12 heavy (non-hydrogen) atoms. The van der Waals surface area contributed by atoms with Crippen LogP contribution in [0.25, 0.3) is 0 Å².